The quantitative estimate of drug-likeness (QED) is 0.684. The van der Waals surface area contributed by atoms with Crippen molar-refractivity contribution in [2.45, 2.75) is 50.6 Å². The van der Waals surface area contributed by atoms with E-state index in [1.54, 1.807) is 7.11 Å². The van der Waals surface area contributed by atoms with E-state index in [-0.39, 0.29) is 0 Å². The van der Waals surface area contributed by atoms with Crippen LogP contribution in [0.25, 0.3) is 0 Å². The van der Waals surface area contributed by atoms with E-state index in [1.165, 1.54) is 58.2 Å². The Labute approximate surface area is 124 Å². The van der Waals surface area contributed by atoms with E-state index >= 15 is 0 Å². The zero-order valence-corrected chi connectivity index (χ0v) is 13.4. The van der Waals surface area contributed by atoms with Gasteiger partial charge in [-0.2, -0.15) is 0 Å². The lowest BCUT2D eigenvalue weighted by molar-refractivity contribution is 0.147. The van der Waals surface area contributed by atoms with Crippen molar-refractivity contribution >= 4 is 0 Å². The van der Waals surface area contributed by atoms with Gasteiger partial charge in [0.15, 0.2) is 0 Å². The summed E-state index contributed by atoms with van der Waals surface area (Å²) >= 11 is 0. The Bertz CT molecular complexity index is 262. The maximum Gasteiger partial charge on any atom is 0.0587 e. The van der Waals surface area contributed by atoms with Crippen LogP contribution in [0.3, 0.4) is 0 Å². The predicted molar refractivity (Wildman–Crippen MR) is 84.2 cm³/mol. The van der Waals surface area contributed by atoms with E-state index in [0.29, 0.717) is 0 Å². The third-order valence-corrected chi connectivity index (χ3v) is 5.03. The highest BCUT2D eigenvalue weighted by Crippen LogP contribution is 2.21. The summed E-state index contributed by atoms with van der Waals surface area (Å²) in [6.07, 6.45) is 8.31. The van der Waals surface area contributed by atoms with Crippen LogP contribution in [0.2, 0.25) is 0 Å². The topological polar surface area (TPSA) is 27.7 Å². The summed E-state index contributed by atoms with van der Waals surface area (Å²) in [4.78, 5) is 5.29. The van der Waals surface area contributed by atoms with Gasteiger partial charge in [0.05, 0.1) is 6.61 Å². The first-order chi connectivity index (χ1) is 9.81. The minimum Gasteiger partial charge on any atom is -0.383 e. The molecule has 2 fully saturated rings. The monoisotopic (exact) mass is 283 g/mol. The van der Waals surface area contributed by atoms with Crippen LogP contribution in [0.15, 0.2) is 0 Å². The Kier molecular flexibility index (Phi) is 7.28. The Morgan fingerprint density at radius 2 is 1.95 bits per heavy atom. The SMILES string of the molecule is COCCNCC1CCCN1CCC1CCCCN1C. The first-order valence-corrected chi connectivity index (χ1v) is 8.45. The molecule has 0 aromatic rings. The van der Waals surface area contributed by atoms with Crippen LogP contribution in [0, 0.1) is 0 Å². The summed E-state index contributed by atoms with van der Waals surface area (Å²) in [6, 6.07) is 1.58. The minimum absolute atomic E-state index is 0.751. The van der Waals surface area contributed by atoms with Gasteiger partial charge in [-0.1, -0.05) is 6.42 Å². The predicted octanol–water partition coefficient (Wildman–Crippen LogP) is 1.56. The van der Waals surface area contributed by atoms with Crippen LogP contribution in [0.5, 0.6) is 0 Å². The molecule has 0 saturated carbocycles. The second-order valence-electron chi connectivity index (χ2n) is 6.45. The van der Waals surface area contributed by atoms with Crippen LogP contribution in [0.4, 0.5) is 0 Å². The zero-order valence-electron chi connectivity index (χ0n) is 13.4. The number of hydrogen-bond donors (Lipinski definition) is 1. The third-order valence-electron chi connectivity index (χ3n) is 5.03. The van der Waals surface area contributed by atoms with Crippen LogP contribution in [-0.2, 0) is 4.74 Å². The highest BCUT2D eigenvalue weighted by Gasteiger charge is 2.26. The number of piperidine rings is 1. The third kappa shape index (κ3) is 4.99. The number of ether oxygens (including phenoxy) is 1. The lowest BCUT2D eigenvalue weighted by Crippen LogP contribution is -2.42. The molecule has 0 bridgehead atoms. The smallest absolute Gasteiger partial charge is 0.0587 e. The maximum absolute atomic E-state index is 5.09. The van der Waals surface area contributed by atoms with Crippen molar-refractivity contribution in [1.82, 2.24) is 15.1 Å². The lowest BCUT2D eigenvalue weighted by atomic mass is 10.00. The van der Waals surface area contributed by atoms with Crippen molar-refractivity contribution in [1.29, 1.82) is 0 Å². The molecule has 2 atom stereocenters. The van der Waals surface area contributed by atoms with Gasteiger partial charge in [0.1, 0.15) is 0 Å². The van der Waals surface area contributed by atoms with Crippen molar-refractivity contribution in [2.75, 3.05) is 53.5 Å². The second kappa shape index (κ2) is 8.98. The molecule has 2 unspecified atom stereocenters. The van der Waals surface area contributed by atoms with E-state index in [1.807, 2.05) is 0 Å². The van der Waals surface area contributed by atoms with Crippen molar-refractivity contribution in [2.24, 2.45) is 0 Å². The summed E-state index contributed by atoms with van der Waals surface area (Å²) in [6.45, 7) is 6.81. The Balaban J connectivity index is 1.65. The fraction of sp³-hybridized carbons (Fsp3) is 1.00. The first-order valence-electron chi connectivity index (χ1n) is 8.45. The molecule has 2 rings (SSSR count). The first kappa shape index (κ1) is 16.2. The van der Waals surface area contributed by atoms with E-state index in [0.717, 1.165) is 31.8 Å². The molecule has 0 aliphatic carbocycles. The van der Waals surface area contributed by atoms with Gasteiger partial charge < -0.3 is 15.0 Å². The van der Waals surface area contributed by atoms with E-state index < -0.39 is 0 Å². The highest BCUT2D eigenvalue weighted by atomic mass is 16.5. The summed E-state index contributed by atoms with van der Waals surface area (Å²) < 4.78 is 5.09. The fourth-order valence-corrected chi connectivity index (χ4v) is 3.69. The molecule has 2 saturated heterocycles. The number of nitrogens with one attached hydrogen (secondary N) is 1. The van der Waals surface area contributed by atoms with Gasteiger partial charge in [-0.15, -0.1) is 0 Å². The Morgan fingerprint density at radius 3 is 2.75 bits per heavy atom. The van der Waals surface area contributed by atoms with Crippen molar-refractivity contribution in [3.05, 3.63) is 0 Å². The van der Waals surface area contributed by atoms with E-state index in [9.17, 15) is 0 Å². The largest absolute Gasteiger partial charge is 0.383 e. The molecular formula is C16H33N3O. The van der Waals surface area contributed by atoms with Gasteiger partial charge in [0.2, 0.25) is 0 Å². The Morgan fingerprint density at radius 1 is 1.10 bits per heavy atom. The summed E-state index contributed by atoms with van der Waals surface area (Å²) in [5, 5.41) is 3.53. The summed E-state index contributed by atoms with van der Waals surface area (Å²) in [5.41, 5.74) is 0. The average Bonchev–Trinajstić information content (AvgIpc) is 2.90. The normalized spacial score (nSPS) is 29.1. The second-order valence-corrected chi connectivity index (χ2v) is 6.45. The van der Waals surface area contributed by atoms with Gasteiger partial charge in [-0.05, 0) is 58.8 Å². The molecule has 4 nitrogen and oxygen atoms in total. The fourth-order valence-electron chi connectivity index (χ4n) is 3.69. The zero-order chi connectivity index (χ0) is 14.2. The number of methoxy groups -OCH3 is 1. The molecule has 4 heteroatoms. The van der Waals surface area contributed by atoms with Gasteiger partial charge in [0.25, 0.3) is 0 Å². The molecule has 118 valence electrons. The maximum atomic E-state index is 5.09. The molecule has 0 aromatic heterocycles. The molecule has 2 aliphatic rings. The average molecular weight is 283 g/mol. The number of hydrogen-bond acceptors (Lipinski definition) is 4. The molecule has 1 N–H and O–H groups in total. The van der Waals surface area contributed by atoms with Gasteiger partial charge in [0, 0.05) is 32.3 Å². The summed E-state index contributed by atoms with van der Waals surface area (Å²) in [5.74, 6) is 0. The minimum atomic E-state index is 0.751. The molecule has 2 heterocycles. The van der Waals surface area contributed by atoms with Crippen LogP contribution < -0.4 is 5.32 Å². The number of rotatable bonds is 8. The van der Waals surface area contributed by atoms with Gasteiger partial charge in [-0.25, -0.2) is 0 Å². The van der Waals surface area contributed by atoms with Gasteiger partial charge in [-0.3, -0.25) is 4.90 Å². The molecule has 0 spiro atoms. The van der Waals surface area contributed by atoms with Crippen molar-refractivity contribution in [3.8, 4) is 0 Å². The number of likely N-dealkylation sites (tertiary alicyclic amines) is 2. The van der Waals surface area contributed by atoms with E-state index in [4.69, 9.17) is 4.74 Å². The van der Waals surface area contributed by atoms with Crippen LogP contribution in [-0.4, -0.2) is 75.4 Å². The summed E-state index contributed by atoms with van der Waals surface area (Å²) in [7, 11) is 4.07. The molecule has 0 amide bonds. The van der Waals surface area contributed by atoms with E-state index in [2.05, 4.69) is 22.2 Å². The molecular weight excluding hydrogens is 250 g/mol. The Hall–Kier alpha value is -0.160. The standard InChI is InChI=1S/C16H33N3O/c1-18-10-4-3-6-15(18)8-12-19-11-5-7-16(19)14-17-9-13-20-2/h15-17H,3-14H2,1-2H3. The molecule has 2 aliphatic heterocycles. The van der Waals surface area contributed by atoms with Crippen LogP contribution >= 0.6 is 0 Å². The molecule has 20 heavy (non-hydrogen) atoms. The molecule has 0 radical (unpaired) electrons. The van der Waals surface area contributed by atoms with Crippen molar-refractivity contribution in [3.63, 3.8) is 0 Å². The number of nitrogens with zero attached hydrogens (tertiary/aromatic N) is 2. The highest BCUT2D eigenvalue weighted by molar-refractivity contribution is 4.83. The van der Waals surface area contributed by atoms with Crippen LogP contribution in [0.1, 0.15) is 38.5 Å². The molecule has 0 aromatic carbocycles. The van der Waals surface area contributed by atoms with Gasteiger partial charge >= 0.3 is 0 Å². The van der Waals surface area contributed by atoms with Crippen molar-refractivity contribution < 1.29 is 4.74 Å². The lowest BCUT2D eigenvalue weighted by Gasteiger charge is -2.34.